The van der Waals surface area contributed by atoms with E-state index in [0.29, 0.717) is 0 Å². The maximum absolute atomic E-state index is 5.11. The second-order valence-corrected chi connectivity index (χ2v) is 7.58. The van der Waals surface area contributed by atoms with Gasteiger partial charge in [0.2, 0.25) is 0 Å². The van der Waals surface area contributed by atoms with Crippen molar-refractivity contribution in [2.45, 2.75) is 77.2 Å². The molecule has 3 heteroatoms. The number of aromatic nitrogens is 1. The fourth-order valence-electron chi connectivity index (χ4n) is 4.11. The number of rotatable bonds is 5. The van der Waals surface area contributed by atoms with Gasteiger partial charge in [0.1, 0.15) is 5.01 Å². The summed E-state index contributed by atoms with van der Waals surface area (Å²) >= 11 is 2.03. The van der Waals surface area contributed by atoms with Crippen molar-refractivity contribution < 1.29 is 0 Å². The fourth-order valence-corrected chi connectivity index (χ4v) is 5.54. The van der Waals surface area contributed by atoms with Gasteiger partial charge in [-0.25, -0.2) is 4.98 Å². The summed E-state index contributed by atoms with van der Waals surface area (Å²) in [5.74, 6) is 0.779. The first-order chi connectivity index (χ1) is 9.80. The summed E-state index contributed by atoms with van der Waals surface area (Å²) in [7, 11) is 0. The summed E-state index contributed by atoms with van der Waals surface area (Å²) in [6, 6.07) is 0. The number of fused-ring (bicyclic) bond motifs is 1. The lowest BCUT2D eigenvalue weighted by molar-refractivity contribution is 0.240. The van der Waals surface area contributed by atoms with Gasteiger partial charge in [-0.05, 0) is 57.4 Å². The number of hydrogen-bond donors (Lipinski definition) is 1. The molecule has 112 valence electrons. The third-order valence-electron chi connectivity index (χ3n) is 5.23. The zero-order valence-electron chi connectivity index (χ0n) is 13.0. The number of thiazole rings is 1. The lowest BCUT2D eigenvalue weighted by atomic mass is 9.85. The molecule has 1 aromatic rings. The molecule has 2 nitrogen and oxygen atoms in total. The molecule has 2 unspecified atom stereocenters. The number of nitrogens with zero attached hydrogens (tertiary/aromatic N) is 1. The highest BCUT2D eigenvalue weighted by molar-refractivity contribution is 7.11. The van der Waals surface area contributed by atoms with Gasteiger partial charge in [0.05, 0.1) is 11.2 Å². The minimum absolute atomic E-state index is 0.201. The minimum Gasteiger partial charge on any atom is -0.305 e. The van der Waals surface area contributed by atoms with Crippen LogP contribution < -0.4 is 5.32 Å². The Morgan fingerprint density at radius 3 is 2.85 bits per heavy atom. The molecular formula is C17H28N2S. The van der Waals surface area contributed by atoms with Crippen molar-refractivity contribution in [3.8, 4) is 0 Å². The molecule has 3 rings (SSSR count). The lowest BCUT2D eigenvalue weighted by Gasteiger charge is -2.34. The maximum atomic E-state index is 5.11. The molecule has 2 aliphatic rings. The molecule has 0 bridgehead atoms. The van der Waals surface area contributed by atoms with E-state index in [1.807, 2.05) is 11.3 Å². The summed E-state index contributed by atoms with van der Waals surface area (Å²) in [4.78, 5) is 6.70. The predicted molar refractivity (Wildman–Crippen MR) is 86.4 cm³/mol. The van der Waals surface area contributed by atoms with Gasteiger partial charge in [0, 0.05) is 4.88 Å². The van der Waals surface area contributed by atoms with Crippen LogP contribution in [0.5, 0.6) is 0 Å². The van der Waals surface area contributed by atoms with E-state index in [1.165, 1.54) is 68.5 Å². The van der Waals surface area contributed by atoms with Crippen molar-refractivity contribution in [3.05, 3.63) is 15.6 Å². The van der Waals surface area contributed by atoms with Gasteiger partial charge in [0.15, 0.2) is 0 Å². The molecule has 2 atom stereocenters. The van der Waals surface area contributed by atoms with E-state index in [1.54, 1.807) is 4.88 Å². The smallest absolute Gasteiger partial charge is 0.114 e. The van der Waals surface area contributed by atoms with E-state index in [-0.39, 0.29) is 5.54 Å². The average molecular weight is 292 g/mol. The highest BCUT2D eigenvalue weighted by Gasteiger charge is 2.45. The third-order valence-corrected chi connectivity index (χ3v) is 6.57. The minimum atomic E-state index is 0.201. The van der Waals surface area contributed by atoms with E-state index in [4.69, 9.17) is 4.98 Å². The van der Waals surface area contributed by atoms with Crippen LogP contribution in [0.3, 0.4) is 0 Å². The van der Waals surface area contributed by atoms with Crippen molar-refractivity contribution in [2.75, 3.05) is 6.54 Å². The number of nitrogens with one attached hydrogen (secondary N) is 1. The van der Waals surface area contributed by atoms with Crippen LogP contribution in [0.15, 0.2) is 0 Å². The van der Waals surface area contributed by atoms with Crippen LogP contribution in [-0.4, -0.2) is 11.5 Å². The molecule has 0 radical (unpaired) electrons. The Bertz CT molecular complexity index is 430. The molecule has 2 aliphatic carbocycles. The second kappa shape index (κ2) is 6.15. The van der Waals surface area contributed by atoms with Crippen LogP contribution in [0.25, 0.3) is 0 Å². The standard InChI is InChI=1S/C17H28N2S/c1-3-12-18-17(11-7-8-13(17)4-2)16-19-14-9-5-6-10-15(14)20-16/h13,18H,3-12H2,1-2H3. The SMILES string of the molecule is CCCNC1(c2nc3c(s2)CCCC3)CCCC1CC. The Morgan fingerprint density at radius 1 is 1.25 bits per heavy atom. The molecular weight excluding hydrogens is 264 g/mol. The molecule has 1 aromatic heterocycles. The monoisotopic (exact) mass is 292 g/mol. The van der Waals surface area contributed by atoms with Crippen molar-refractivity contribution in [1.82, 2.24) is 10.3 Å². The van der Waals surface area contributed by atoms with Crippen molar-refractivity contribution in [1.29, 1.82) is 0 Å². The zero-order valence-corrected chi connectivity index (χ0v) is 13.8. The lowest BCUT2D eigenvalue weighted by Crippen LogP contribution is -2.45. The number of aryl methyl sites for hydroxylation is 2. The van der Waals surface area contributed by atoms with Crippen LogP contribution in [0.1, 0.15) is 74.4 Å². The van der Waals surface area contributed by atoms with Gasteiger partial charge >= 0.3 is 0 Å². The van der Waals surface area contributed by atoms with E-state index in [2.05, 4.69) is 19.2 Å². The van der Waals surface area contributed by atoms with Gasteiger partial charge in [-0.3, -0.25) is 0 Å². The quantitative estimate of drug-likeness (QED) is 0.868. The van der Waals surface area contributed by atoms with E-state index in [9.17, 15) is 0 Å². The summed E-state index contributed by atoms with van der Waals surface area (Å²) < 4.78 is 0. The van der Waals surface area contributed by atoms with Gasteiger partial charge in [0.25, 0.3) is 0 Å². The number of hydrogen-bond acceptors (Lipinski definition) is 3. The molecule has 0 aliphatic heterocycles. The second-order valence-electron chi connectivity index (χ2n) is 6.49. The molecule has 1 N–H and O–H groups in total. The van der Waals surface area contributed by atoms with Crippen LogP contribution in [0, 0.1) is 5.92 Å². The molecule has 0 spiro atoms. The van der Waals surface area contributed by atoms with Crippen molar-refractivity contribution >= 4 is 11.3 Å². The third kappa shape index (κ3) is 2.43. The van der Waals surface area contributed by atoms with E-state index < -0.39 is 0 Å². The van der Waals surface area contributed by atoms with Crippen LogP contribution in [-0.2, 0) is 18.4 Å². The largest absolute Gasteiger partial charge is 0.305 e. The zero-order chi connectivity index (χ0) is 14.0. The Kier molecular flexibility index (Phi) is 4.46. The molecule has 1 saturated carbocycles. The summed E-state index contributed by atoms with van der Waals surface area (Å²) in [5.41, 5.74) is 1.63. The van der Waals surface area contributed by atoms with Crippen LogP contribution >= 0.6 is 11.3 Å². The van der Waals surface area contributed by atoms with Crippen LogP contribution in [0.2, 0.25) is 0 Å². The summed E-state index contributed by atoms with van der Waals surface area (Å²) in [6.45, 7) is 5.75. The maximum Gasteiger partial charge on any atom is 0.114 e. The first kappa shape index (κ1) is 14.5. The summed E-state index contributed by atoms with van der Waals surface area (Å²) in [6.07, 6.45) is 11.7. The van der Waals surface area contributed by atoms with Gasteiger partial charge in [-0.1, -0.05) is 26.7 Å². The molecule has 0 aromatic carbocycles. The Labute approximate surface area is 127 Å². The first-order valence-electron chi connectivity index (χ1n) is 8.54. The van der Waals surface area contributed by atoms with Gasteiger partial charge < -0.3 is 5.32 Å². The topological polar surface area (TPSA) is 24.9 Å². The van der Waals surface area contributed by atoms with E-state index >= 15 is 0 Å². The molecule has 1 fully saturated rings. The van der Waals surface area contributed by atoms with Crippen molar-refractivity contribution in [3.63, 3.8) is 0 Å². The fraction of sp³-hybridized carbons (Fsp3) is 0.824. The summed E-state index contributed by atoms with van der Waals surface area (Å²) in [5, 5.41) is 5.34. The normalized spacial score (nSPS) is 29.6. The highest BCUT2D eigenvalue weighted by atomic mass is 32.1. The molecule has 20 heavy (non-hydrogen) atoms. The van der Waals surface area contributed by atoms with Crippen LogP contribution in [0.4, 0.5) is 0 Å². The molecule has 1 heterocycles. The van der Waals surface area contributed by atoms with Gasteiger partial charge in [-0.15, -0.1) is 11.3 Å². The van der Waals surface area contributed by atoms with Gasteiger partial charge in [-0.2, -0.15) is 0 Å². The predicted octanol–water partition coefficient (Wildman–Crippen LogP) is 4.43. The first-order valence-corrected chi connectivity index (χ1v) is 9.36. The van der Waals surface area contributed by atoms with Crippen molar-refractivity contribution in [2.24, 2.45) is 5.92 Å². The van der Waals surface area contributed by atoms with E-state index in [0.717, 1.165) is 12.5 Å². The Balaban J connectivity index is 1.94. The average Bonchev–Trinajstić information content (AvgIpc) is 3.09. The highest BCUT2D eigenvalue weighted by Crippen LogP contribution is 2.47. The Morgan fingerprint density at radius 2 is 2.10 bits per heavy atom. The Hall–Kier alpha value is -0.410. The molecule has 0 amide bonds. The molecule has 0 saturated heterocycles.